The van der Waals surface area contributed by atoms with Crippen molar-refractivity contribution in [3.05, 3.63) is 102 Å². The van der Waals surface area contributed by atoms with Crippen LogP contribution >= 0.6 is 11.8 Å². The van der Waals surface area contributed by atoms with E-state index in [9.17, 15) is 14.7 Å². The number of hydrogen-bond donors (Lipinski definition) is 3. The average Bonchev–Trinajstić information content (AvgIpc) is 3.56. The molecule has 0 spiro atoms. The third-order valence-corrected chi connectivity index (χ3v) is 8.15. The number of hydrogen-bond acceptors (Lipinski definition) is 5. The van der Waals surface area contributed by atoms with Crippen molar-refractivity contribution in [2.75, 3.05) is 16.0 Å². The molecule has 0 saturated heterocycles. The van der Waals surface area contributed by atoms with Gasteiger partial charge in [-0.3, -0.25) is 9.79 Å². The molecule has 0 fully saturated rings. The van der Waals surface area contributed by atoms with E-state index in [0.717, 1.165) is 49.4 Å². The molecule has 2 aliphatic rings. The maximum Gasteiger partial charge on any atom is 0.345 e. The van der Waals surface area contributed by atoms with Crippen LogP contribution in [0.1, 0.15) is 11.1 Å². The molecule has 0 saturated carbocycles. The Morgan fingerprint density at radius 2 is 1.83 bits per heavy atom. The highest BCUT2D eigenvalue weighted by Gasteiger charge is 2.25. The summed E-state index contributed by atoms with van der Waals surface area (Å²) in [6.07, 6.45) is 1.59. The SMILES string of the molecule is O=C(N=C1C=Nc2ccc(-c3ccc4cc(O)[nH]c4c3)cc21)Nc1ccc2c(c1)N(Cc1ccccc1)C(=O)CS2. The molecular weight excluding hydrogens is 534 g/mol. The van der Waals surface area contributed by atoms with Gasteiger partial charge >= 0.3 is 6.03 Å². The Hall–Kier alpha value is -5.15. The fourth-order valence-electron chi connectivity index (χ4n) is 5.09. The van der Waals surface area contributed by atoms with E-state index in [0.29, 0.717) is 23.7 Å². The van der Waals surface area contributed by atoms with Crippen LogP contribution in [0, 0.1) is 0 Å². The topological polar surface area (TPSA) is 110 Å². The lowest BCUT2D eigenvalue weighted by Gasteiger charge is -2.29. The molecule has 3 N–H and O–H groups in total. The number of urea groups is 1. The number of nitrogens with one attached hydrogen (secondary N) is 2. The Bertz CT molecular complexity index is 1910. The van der Waals surface area contributed by atoms with Crippen molar-refractivity contribution >= 4 is 63.6 Å². The molecule has 4 aromatic carbocycles. The van der Waals surface area contributed by atoms with Crippen molar-refractivity contribution in [2.24, 2.45) is 9.98 Å². The summed E-state index contributed by atoms with van der Waals surface area (Å²) >= 11 is 1.50. The zero-order valence-corrected chi connectivity index (χ0v) is 22.5. The molecule has 1 aromatic heterocycles. The predicted molar refractivity (Wildman–Crippen MR) is 164 cm³/mol. The van der Waals surface area contributed by atoms with Crippen molar-refractivity contribution in [2.45, 2.75) is 11.4 Å². The molecule has 0 radical (unpaired) electrons. The van der Waals surface area contributed by atoms with Gasteiger partial charge in [0.15, 0.2) is 5.88 Å². The summed E-state index contributed by atoms with van der Waals surface area (Å²) in [5.74, 6) is 0.520. The van der Waals surface area contributed by atoms with Crippen molar-refractivity contribution in [1.29, 1.82) is 0 Å². The van der Waals surface area contributed by atoms with Gasteiger partial charge in [-0.05, 0) is 53.1 Å². The van der Waals surface area contributed by atoms with Gasteiger partial charge in [0.1, 0.15) is 0 Å². The monoisotopic (exact) mass is 557 g/mol. The Morgan fingerprint density at radius 3 is 2.71 bits per heavy atom. The maximum atomic E-state index is 13.0. The van der Waals surface area contributed by atoms with Gasteiger partial charge in [-0.1, -0.05) is 48.5 Å². The van der Waals surface area contributed by atoms with Gasteiger partial charge in [0.25, 0.3) is 0 Å². The van der Waals surface area contributed by atoms with Gasteiger partial charge in [-0.25, -0.2) is 4.79 Å². The highest BCUT2D eigenvalue weighted by atomic mass is 32.2. The number of H-pyrrole nitrogens is 1. The Balaban J connectivity index is 1.13. The molecule has 2 aliphatic heterocycles. The number of aromatic hydroxyl groups is 1. The zero-order valence-electron chi connectivity index (χ0n) is 21.7. The number of aromatic amines is 1. The number of aromatic nitrogens is 1. The van der Waals surface area contributed by atoms with E-state index in [4.69, 9.17) is 0 Å². The van der Waals surface area contributed by atoms with E-state index in [1.807, 2.05) is 84.9 Å². The smallest absolute Gasteiger partial charge is 0.345 e. The first-order chi connectivity index (χ1) is 20.0. The second-order valence-electron chi connectivity index (χ2n) is 9.81. The zero-order chi connectivity index (χ0) is 27.9. The minimum Gasteiger partial charge on any atom is -0.495 e. The van der Waals surface area contributed by atoms with Crippen LogP contribution in [0.4, 0.5) is 21.9 Å². The van der Waals surface area contributed by atoms with Gasteiger partial charge in [-0.2, -0.15) is 4.99 Å². The molecule has 9 heteroatoms. The van der Waals surface area contributed by atoms with Crippen LogP contribution in [0.15, 0.2) is 106 Å². The number of carbonyl (C=O) groups is 2. The highest BCUT2D eigenvalue weighted by Crippen LogP contribution is 2.38. The molecule has 3 heterocycles. The number of carbonyl (C=O) groups excluding carboxylic acids is 2. The number of benzene rings is 4. The number of fused-ring (bicyclic) bond motifs is 3. The van der Waals surface area contributed by atoms with Crippen LogP contribution in [0.3, 0.4) is 0 Å². The summed E-state index contributed by atoms with van der Waals surface area (Å²) in [6, 6.07) is 28.3. The summed E-state index contributed by atoms with van der Waals surface area (Å²) in [4.78, 5) is 40.2. The van der Waals surface area contributed by atoms with Crippen LogP contribution in [0.25, 0.3) is 22.0 Å². The summed E-state index contributed by atoms with van der Waals surface area (Å²) < 4.78 is 0. The van der Waals surface area contributed by atoms with E-state index in [2.05, 4.69) is 20.3 Å². The Morgan fingerprint density at radius 1 is 1.00 bits per heavy atom. The van der Waals surface area contributed by atoms with E-state index in [-0.39, 0.29) is 11.8 Å². The van der Waals surface area contributed by atoms with Gasteiger partial charge in [-0.15, -0.1) is 11.8 Å². The van der Waals surface area contributed by atoms with Gasteiger partial charge in [0.2, 0.25) is 5.91 Å². The van der Waals surface area contributed by atoms with Crippen molar-refractivity contribution in [1.82, 2.24) is 4.98 Å². The lowest BCUT2D eigenvalue weighted by Crippen LogP contribution is -2.34. The maximum absolute atomic E-state index is 13.0. The lowest BCUT2D eigenvalue weighted by molar-refractivity contribution is -0.116. The molecule has 0 unspecified atom stereocenters. The predicted octanol–water partition coefficient (Wildman–Crippen LogP) is 6.92. The van der Waals surface area contributed by atoms with E-state index >= 15 is 0 Å². The molecule has 41 heavy (non-hydrogen) atoms. The number of rotatable bonds is 4. The Labute approximate surface area is 239 Å². The number of aliphatic imine (C=N–C) groups is 2. The van der Waals surface area contributed by atoms with Crippen LogP contribution < -0.4 is 10.2 Å². The normalized spacial score (nSPS) is 14.9. The molecule has 8 nitrogen and oxygen atoms in total. The second-order valence-corrected chi connectivity index (χ2v) is 10.8. The van der Waals surface area contributed by atoms with Crippen LogP contribution in [0.5, 0.6) is 5.88 Å². The van der Waals surface area contributed by atoms with Crippen LogP contribution in [-0.2, 0) is 11.3 Å². The fraction of sp³-hybridized carbons (Fsp3) is 0.0625. The fourth-order valence-corrected chi connectivity index (χ4v) is 6.01. The molecule has 7 rings (SSSR count). The molecular formula is C32H23N5O3S. The first-order valence-corrected chi connectivity index (χ1v) is 14.0. The van der Waals surface area contributed by atoms with Gasteiger partial charge in [0, 0.05) is 33.1 Å². The third kappa shape index (κ3) is 4.87. The lowest BCUT2D eigenvalue weighted by atomic mass is 10.00. The van der Waals surface area contributed by atoms with E-state index < -0.39 is 6.03 Å². The quantitative estimate of drug-likeness (QED) is 0.223. The van der Waals surface area contributed by atoms with Crippen molar-refractivity contribution in [3.63, 3.8) is 0 Å². The minimum atomic E-state index is -0.530. The number of amides is 3. The number of thioether (sulfide) groups is 1. The number of nitrogens with zero attached hydrogens (tertiary/aromatic N) is 3. The molecule has 3 amide bonds. The van der Waals surface area contributed by atoms with Crippen LogP contribution in [-0.4, -0.2) is 39.7 Å². The minimum absolute atomic E-state index is 0.0249. The Kier molecular flexibility index (Phi) is 6.13. The van der Waals surface area contributed by atoms with E-state index in [1.54, 1.807) is 17.2 Å². The second kappa shape index (κ2) is 10.1. The average molecular weight is 558 g/mol. The highest BCUT2D eigenvalue weighted by molar-refractivity contribution is 8.00. The third-order valence-electron chi connectivity index (χ3n) is 7.10. The summed E-state index contributed by atoms with van der Waals surface area (Å²) in [7, 11) is 0. The molecule has 200 valence electrons. The standard InChI is InChI=1S/C32H23N5O3S/c38-30-14-22-7-6-21(13-26(22)35-30)20-8-10-25-24(12-20)27(16-33-25)36-32(40)34-23-9-11-29-28(15-23)37(31(39)18-41-29)17-19-4-2-1-3-5-19/h1-16,35,38H,17-18H2,(H,34,40). The molecule has 0 atom stereocenters. The molecule has 0 aliphatic carbocycles. The molecule has 0 bridgehead atoms. The summed E-state index contributed by atoms with van der Waals surface area (Å²) in [5, 5.41) is 13.5. The van der Waals surface area contributed by atoms with Crippen molar-refractivity contribution in [3.8, 4) is 17.0 Å². The molecule has 5 aromatic rings. The summed E-state index contributed by atoms with van der Waals surface area (Å²) in [6.45, 7) is 0.459. The van der Waals surface area contributed by atoms with Crippen molar-refractivity contribution < 1.29 is 14.7 Å². The van der Waals surface area contributed by atoms with Gasteiger partial charge in [0.05, 0.1) is 35.6 Å². The van der Waals surface area contributed by atoms with Crippen LogP contribution in [0.2, 0.25) is 0 Å². The van der Waals surface area contributed by atoms with Gasteiger partial charge < -0.3 is 20.3 Å². The first-order valence-electron chi connectivity index (χ1n) is 13.0. The first kappa shape index (κ1) is 24.9. The van der Waals surface area contributed by atoms with E-state index in [1.165, 1.54) is 11.8 Å². The number of anilines is 2. The summed E-state index contributed by atoms with van der Waals surface area (Å²) in [5.41, 5.74) is 7.04. The largest absolute Gasteiger partial charge is 0.495 e.